The minimum atomic E-state index is -0.454. The first-order valence-electron chi connectivity index (χ1n) is 5.55. The molecule has 0 aromatic carbocycles. The van der Waals surface area contributed by atoms with Gasteiger partial charge in [0.25, 0.3) is 0 Å². The van der Waals surface area contributed by atoms with Gasteiger partial charge in [-0.15, -0.1) is 0 Å². The average Bonchev–Trinajstić information content (AvgIpc) is 2.64. The Morgan fingerprint density at radius 2 is 2.12 bits per heavy atom. The summed E-state index contributed by atoms with van der Waals surface area (Å²) in [5.41, 5.74) is 6.08. The van der Waals surface area contributed by atoms with Crippen molar-refractivity contribution < 1.29 is 9.90 Å². The number of carbonyl (C=O) groups excluding carboxylic acids is 1. The normalized spacial score (nSPS) is 15.1. The Kier molecular flexibility index (Phi) is 4.12. The lowest BCUT2D eigenvalue weighted by Crippen LogP contribution is -2.24. The fourth-order valence-electron chi connectivity index (χ4n) is 1.54. The third-order valence-electron chi connectivity index (χ3n) is 2.72. The first kappa shape index (κ1) is 12.8. The summed E-state index contributed by atoms with van der Waals surface area (Å²) in [6.07, 6.45) is 3.27. The van der Waals surface area contributed by atoms with Crippen LogP contribution in [0.5, 0.6) is 0 Å². The molecule has 4 heteroatoms. The Morgan fingerprint density at radius 1 is 1.50 bits per heavy atom. The van der Waals surface area contributed by atoms with Crippen molar-refractivity contribution in [1.29, 1.82) is 0 Å². The SMILES string of the molecule is CC(Cn1ccc(C(O)C(C)C)c1)C(N)=O. The third-order valence-corrected chi connectivity index (χ3v) is 2.72. The van der Waals surface area contributed by atoms with Gasteiger partial charge in [0.05, 0.1) is 12.0 Å². The summed E-state index contributed by atoms with van der Waals surface area (Å²) in [6, 6.07) is 1.87. The Labute approximate surface area is 96.1 Å². The van der Waals surface area contributed by atoms with E-state index in [9.17, 15) is 9.90 Å². The lowest BCUT2D eigenvalue weighted by atomic mass is 10.0. The number of nitrogens with zero attached hydrogens (tertiary/aromatic N) is 1. The highest BCUT2D eigenvalue weighted by Gasteiger charge is 2.14. The van der Waals surface area contributed by atoms with Gasteiger partial charge in [0.1, 0.15) is 0 Å². The number of nitrogens with two attached hydrogens (primary N) is 1. The van der Waals surface area contributed by atoms with E-state index in [0.717, 1.165) is 5.56 Å². The minimum Gasteiger partial charge on any atom is -0.388 e. The molecule has 4 nitrogen and oxygen atoms in total. The number of aliphatic hydroxyl groups is 1. The second kappa shape index (κ2) is 5.16. The van der Waals surface area contributed by atoms with Crippen LogP contribution in [0, 0.1) is 11.8 Å². The van der Waals surface area contributed by atoms with E-state index in [0.29, 0.717) is 6.54 Å². The topological polar surface area (TPSA) is 68.2 Å². The van der Waals surface area contributed by atoms with Crippen LogP contribution in [-0.4, -0.2) is 15.6 Å². The first-order valence-corrected chi connectivity index (χ1v) is 5.55. The van der Waals surface area contributed by atoms with E-state index in [1.807, 2.05) is 36.9 Å². The van der Waals surface area contributed by atoms with Crippen LogP contribution in [0.1, 0.15) is 32.4 Å². The molecule has 1 aromatic rings. The number of aliphatic hydroxyl groups excluding tert-OH is 1. The van der Waals surface area contributed by atoms with Gasteiger partial charge in [0.15, 0.2) is 0 Å². The summed E-state index contributed by atoms with van der Waals surface area (Å²) in [5.74, 6) is -0.319. The molecule has 0 aliphatic heterocycles. The maximum Gasteiger partial charge on any atom is 0.222 e. The van der Waals surface area contributed by atoms with Crippen molar-refractivity contribution >= 4 is 5.91 Å². The summed E-state index contributed by atoms with van der Waals surface area (Å²) < 4.78 is 1.89. The van der Waals surface area contributed by atoms with E-state index in [2.05, 4.69) is 0 Å². The van der Waals surface area contributed by atoms with Gasteiger partial charge >= 0.3 is 0 Å². The molecule has 0 fully saturated rings. The highest BCUT2D eigenvalue weighted by molar-refractivity contribution is 5.76. The molecule has 1 amide bonds. The van der Waals surface area contributed by atoms with Crippen LogP contribution in [0.15, 0.2) is 18.5 Å². The van der Waals surface area contributed by atoms with Crippen LogP contribution in [-0.2, 0) is 11.3 Å². The van der Waals surface area contributed by atoms with E-state index in [1.54, 1.807) is 6.92 Å². The van der Waals surface area contributed by atoms with Crippen LogP contribution in [0.4, 0.5) is 0 Å². The number of aromatic nitrogens is 1. The number of hydrogen-bond donors (Lipinski definition) is 2. The molecule has 1 aromatic heterocycles. The van der Waals surface area contributed by atoms with Gasteiger partial charge in [-0.2, -0.15) is 0 Å². The van der Waals surface area contributed by atoms with Crippen LogP contribution < -0.4 is 5.73 Å². The molecule has 0 spiro atoms. The Bertz CT molecular complexity index is 358. The summed E-state index contributed by atoms with van der Waals surface area (Å²) in [7, 11) is 0. The van der Waals surface area contributed by atoms with Gasteiger partial charge in [0.2, 0.25) is 5.91 Å². The highest BCUT2D eigenvalue weighted by atomic mass is 16.3. The number of amides is 1. The number of primary amides is 1. The monoisotopic (exact) mass is 224 g/mol. The van der Waals surface area contributed by atoms with Crippen molar-refractivity contribution in [3.63, 3.8) is 0 Å². The lowest BCUT2D eigenvalue weighted by molar-refractivity contribution is -0.121. The Balaban J connectivity index is 2.68. The molecule has 16 heavy (non-hydrogen) atoms. The molecule has 90 valence electrons. The van der Waals surface area contributed by atoms with Gasteiger partial charge in [0, 0.05) is 18.9 Å². The van der Waals surface area contributed by atoms with Crippen molar-refractivity contribution in [2.45, 2.75) is 33.4 Å². The summed E-state index contributed by atoms with van der Waals surface area (Å²) in [4.78, 5) is 10.9. The Hall–Kier alpha value is -1.29. The molecule has 0 saturated carbocycles. The zero-order valence-corrected chi connectivity index (χ0v) is 10.1. The predicted molar refractivity (Wildman–Crippen MR) is 62.6 cm³/mol. The van der Waals surface area contributed by atoms with E-state index in [-0.39, 0.29) is 17.7 Å². The van der Waals surface area contributed by atoms with Crippen molar-refractivity contribution in [3.05, 3.63) is 24.0 Å². The smallest absolute Gasteiger partial charge is 0.222 e. The van der Waals surface area contributed by atoms with Crippen molar-refractivity contribution in [3.8, 4) is 0 Å². The van der Waals surface area contributed by atoms with Gasteiger partial charge in [-0.25, -0.2) is 0 Å². The molecule has 0 aliphatic rings. The molecule has 0 aliphatic carbocycles. The maximum absolute atomic E-state index is 10.9. The van der Waals surface area contributed by atoms with Crippen LogP contribution in [0.3, 0.4) is 0 Å². The molecule has 0 bridgehead atoms. The summed E-state index contributed by atoms with van der Waals surface area (Å²) in [5, 5.41) is 9.85. The first-order chi connectivity index (χ1) is 7.41. The van der Waals surface area contributed by atoms with Crippen molar-refractivity contribution in [2.24, 2.45) is 17.6 Å². The highest BCUT2D eigenvalue weighted by Crippen LogP contribution is 2.21. The van der Waals surface area contributed by atoms with E-state index in [1.165, 1.54) is 0 Å². The second-order valence-corrected chi connectivity index (χ2v) is 4.63. The van der Waals surface area contributed by atoms with Crippen molar-refractivity contribution in [1.82, 2.24) is 4.57 Å². The van der Waals surface area contributed by atoms with Gasteiger partial charge < -0.3 is 15.4 Å². The zero-order valence-electron chi connectivity index (χ0n) is 10.1. The second-order valence-electron chi connectivity index (χ2n) is 4.63. The lowest BCUT2D eigenvalue weighted by Gasteiger charge is -2.12. The van der Waals surface area contributed by atoms with Crippen LogP contribution in [0.25, 0.3) is 0 Å². The third kappa shape index (κ3) is 3.10. The standard InChI is InChI=1S/C12H20N2O2/c1-8(2)11(15)10-4-5-14(7-10)6-9(3)12(13)16/h4-5,7-9,11,15H,6H2,1-3H3,(H2,13,16). The quantitative estimate of drug-likeness (QED) is 0.791. The summed E-state index contributed by atoms with van der Waals surface area (Å²) in [6.45, 7) is 6.28. The van der Waals surface area contributed by atoms with E-state index < -0.39 is 6.10 Å². The number of rotatable bonds is 5. The van der Waals surface area contributed by atoms with Crippen LogP contribution >= 0.6 is 0 Å². The average molecular weight is 224 g/mol. The van der Waals surface area contributed by atoms with Gasteiger partial charge in [-0.1, -0.05) is 20.8 Å². The zero-order chi connectivity index (χ0) is 12.3. The van der Waals surface area contributed by atoms with Crippen molar-refractivity contribution in [2.75, 3.05) is 0 Å². The molecular formula is C12H20N2O2. The minimum absolute atomic E-state index is 0.185. The predicted octanol–water partition coefficient (Wildman–Crippen LogP) is 1.30. The molecule has 0 saturated heterocycles. The van der Waals surface area contributed by atoms with Gasteiger partial charge in [-0.05, 0) is 17.5 Å². The fraction of sp³-hybridized carbons (Fsp3) is 0.583. The Morgan fingerprint density at radius 3 is 2.62 bits per heavy atom. The molecule has 2 unspecified atom stereocenters. The molecule has 2 atom stereocenters. The van der Waals surface area contributed by atoms with E-state index >= 15 is 0 Å². The fourth-order valence-corrected chi connectivity index (χ4v) is 1.54. The largest absolute Gasteiger partial charge is 0.388 e. The maximum atomic E-state index is 10.9. The molecule has 0 radical (unpaired) electrons. The van der Waals surface area contributed by atoms with Crippen LogP contribution in [0.2, 0.25) is 0 Å². The number of carbonyl (C=O) groups is 1. The molecule has 3 N–H and O–H groups in total. The molecular weight excluding hydrogens is 204 g/mol. The molecule has 1 heterocycles. The summed E-state index contributed by atoms with van der Waals surface area (Å²) >= 11 is 0. The molecule has 1 rings (SSSR count). The van der Waals surface area contributed by atoms with E-state index in [4.69, 9.17) is 5.73 Å². The number of hydrogen-bond acceptors (Lipinski definition) is 2. The van der Waals surface area contributed by atoms with Gasteiger partial charge in [-0.3, -0.25) is 4.79 Å².